The third kappa shape index (κ3) is 2.92. The Morgan fingerprint density at radius 3 is 3.00 bits per heavy atom. The molecule has 0 radical (unpaired) electrons. The van der Waals surface area contributed by atoms with Gasteiger partial charge in [0.15, 0.2) is 0 Å². The lowest BCUT2D eigenvalue weighted by Crippen LogP contribution is -2.19. The van der Waals surface area contributed by atoms with Crippen molar-refractivity contribution < 1.29 is 4.52 Å². The molecule has 1 unspecified atom stereocenters. The van der Waals surface area contributed by atoms with E-state index in [4.69, 9.17) is 4.52 Å². The smallest absolute Gasteiger partial charge is 0.231 e. The molecule has 18 heavy (non-hydrogen) atoms. The lowest BCUT2D eigenvalue weighted by molar-refractivity contribution is 0.355. The largest absolute Gasteiger partial charge is 0.339 e. The highest BCUT2D eigenvalue weighted by atomic mass is 16.5. The van der Waals surface area contributed by atoms with Gasteiger partial charge in [-0.15, -0.1) is 0 Å². The summed E-state index contributed by atoms with van der Waals surface area (Å²) in [6, 6.07) is 3.89. The van der Waals surface area contributed by atoms with E-state index in [0.29, 0.717) is 11.7 Å². The molecule has 0 bridgehead atoms. The molecule has 2 rings (SSSR count). The maximum absolute atomic E-state index is 5.28. The second-order valence-corrected chi connectivity index (χ2v) is 4.38. The van der Waals surface area contributed by atoms with Gasteiger partial charge in [-0.3, -0.25) is 4.98 Å². The monoisotopic (exact) mass is 246 g/mol. The molecule has 2 aromatic heterocycles. The van der Waals surface area contributed by atoms with Gasteiger partial charge in [-0.25, -0.2) is 0 Å². The number of likely N-dealkylation sites (N-methyl/N-ethyl adjacent to an activating group) is 1. The van der Waals surface area contributed by atoms with Crippen LogP contribution in [0.1, 0.15) is 31.2 Å². The van der Waals surface area contributed by atoms with Gasteiger partial charge in [0, 0.05) is 18.7 Å². The van der Waals surface area contributed by atoms with Crippen molar-refractivity contribution in [3.05, 3.63) is 29.8 Å². The maximum atomic E-state index is 5.28. The Hall–Kier alpha value is -1.75. The van der Waals surface area contributed by atoms with Gasteiger partial charge in [0.2, 0.25) is 11.7 Å². The number of hydrogen-bond donors (Lipinski definition) is 1. The summed E-state index contributed by atoms with van der Waals surface area (Å²) in [6.45, 7) is 7.91. The molecule has 0 amide bonds. The zero-order chi connectivity index (χ0) is 13.0. The average molecular weight is 246 g/mol. The van der Waals surface area contributed by atoms with Gasteiger partial charge < -0.3 is 9.84 Å². The van der Waals surface area contributed by atoms with E-state index >= 15 is 0 Å². The maximum Gasteiger partial charge on any atom is 0.231 e. The number of aryl methyl sites for hydroxylation is 1. The molecule has 0 saturated carbocycles. The minimum Gasteiger partial charge on any atom is -0.339 e. The lowest BCUT2D eigenvalue weighted by atomic mass is 10.2. The summed E-state index contributed by atoms with van der Waals surface area (Å²) < 4.78 is 5.28. The molecule has 96 valence electrons. The number of hydrogen-bond acceptors (Lipinski definition) is 5. The van der Waals surface area contributed by atoms with Gasteiger partial charge in [0.1, 0.15) is 5.69 Å². The van der Waals surface area contributed by atoms with Crippen molar-refractivity contribution in [2.24, 2.45) is 0 Å². The molecule has 0 fully saturated rings. The van der Waals surface area contributed by atoms with E-state index < -0.39 is 0 Å². The zero-order valence-corrected chi connectivity index (χ0v) is 11.0. The van der Waals surface area contributed by atoms with E-state index in [1.165, 1.54) is 0 Å². The molecular weight excluding hydrogens is 228 g/mol. The SMILES string of the molecule is CCNCC(C)c1nc(-c2cc(C)ccn2)no1. The van der Waals surface area contributed by atoms with Crippen LogP contribution in [0.2, 0.25) is 0 Å². The van der Waals surface area contributed by atoms with Gasteiger partial charge in [-0.2, -0.15) is 4.98 Å². The minimum absolute atomic E-state index is 0.205. The molecule has 0 aliphatic carbocycles. The molecule has 0 aromatic carbocycles. The highest BCUT2D eigenvalue weighted by Crippen LogP contribution is 2.18. The Kier molecular flexibility index (Phi) is 4.04. The first-order valence-electron chi connectivity index (χ1n) is 6.18. The van der Waals surface area contributed by atoms with Crippen molar-refractivity contribution in [3.8, 4) is 11.5 Å². The van der Waals surface area contributed by atoms with Crippen molar-refractivity contribution in [3.63, 3.8) is 0 Å². The fourth-order valence-corrected chi connectivity index (χ4v) is 1.65. The number of rotatable bonds is 5. The van der Waals surface area contributed by atoms with Crippen LogP contribution in [0.4, 0.5) is 0 Å². The predicted octanol–water partition coefficient (Wildman–Crippen LogP) is 2.15. The summed E-state index contributed by atoms with van der Waals surface area (Å²) >= 11 is 0. The van der Waals surface area contributed by atoms with E-state index in [1.807, 2.05) is 19.1 Å². The van der Waals surface area contributed by atoms with Crippen LogP contribution in [0.25, 0.3) is 11.5 Å². The molecule has 0 aliphatic rings. The quantitative estimate of drug-likeness (QED) is 0.875. The lowest BCUT2D eigenvalue weighted by Gasteiger charge is -2.05. The molecule has 5 heteroatoms. The fourth-order valence-electron chi connectivity index (χ4n) is 1.65. The number of pyridine rings is 1. The van der Waals surface area contributed by atoms with Gasteiger partial charge >= 0.3 is 0 Å². The van der Waals surface area contributed by atoms with Crippen molar-refractivity contribution in [1.29, 1.82) is 0 Å². The van der Waals surface area contributed by atoms with Crippen molar-refractivity contribution in [2.75, 3.05) is 13.1 Å². The number of aromatic nitrogens is 3. The van der Waals surface area contributed by atoms with E-state index in [9.17, 15) is 0 Å². The first-order valence-corrected chi connectivity index (χ1v) is 6.18. The van der Waals surface area contributed by atoms with Crippen LogP contribution >= 0.6 is 0 Å². The summed E-state index contributed by atoms with van der Waals surface area (Å²) in [5.74, 6) is 1.40. The van der Waals surface area contributed by atoms with E-state index in [1.54, 1.807) is 6.20 Å². The van der Waals surface area contributed by atoms with Crippen LogP contribution in [-0.2, 0) is 0 Å². The van der Waals surface area contributed by atoms with Crippen LogP contribution in [0.15, 0.2) is 22.9 Å². The minimum atomic E-state index is 0.205. The average Bonchev–Trinajstić information content (AvgIpc) is 2.85. The number of nitrogens with zero attached hydrogens (tertiary/aromatic N) is 3. The molecule has 1 atom stereocenters. The van der Waals surface area contributed by atoms with Crippen molar-refractivity contribution in [1.82, 2.24) is 20.4 Å². The Bertz CT molecular complexity index is 509. The Labute approximate surface area is 107 Å². The first kappa shape index (κ1) is 12.7. The van der Waals surface area contributed by atoms with Crippen LogP contribution in [-0.4, -0.2) is 28.2 Å². The molecule has 2 aromatic rings. The molecule has 0 spiro atoms. The Morgan fingerprint density at radius 2 is 2.28 bits per heavy atom. The predicted molar refractivity (Wildman–Crippen MR) is 69.2 cm³/mol. The van der Waals surface area contributed by atoms with Gasteiger partial charge in [0.25, 0.3) is 0 Å². The van der Waals surface area contributed by atoms with Gasteiger partial charge in [0.05, 0.1) is 0 Å². The molecule has 2 heterocycles. The zero-order valence-electron chi connectivity index (χ0n) is 11.0. The number of nitrogens with one attached hydrogen (secondary N) is 1. The van der Waals surface area contributed by atoms with Crippen LogP contribution in [0.3, 0.4) is 0 Å². The summed E-state index contributed by atoms with van der Waals surface area (Å²) in [5.41, 5.74) is 1.88. The second kappa shape index (κ2) is 5.73. The second-order valence-electron chi connectivity index (χ2n) is 4.38. The summed E-state index contributed by atoms with van der Waals surface area (Å²) in [6.07, 6.45) is 1.75. The standard InChI is InChI=1S/C13H18N4O/c1-4-14-8-10(3)13-16-12(17-18-13)11-7-9(2)5-6-15-11/h5-7,10,14H,4,8H2,1-3H3. The Morgan fingerprint density at radius 1 is 1.44 bits per heavy atom. The topological polar surface area (TPSA) is 63.8 Å². The molecular formula is C13H18N4O. The van der Waals surface area contributed by atoms with E-state index in [2.05, 4.69) is 34.3 Å². The molecule has 0 saturated heterocycles. The van der Waals surface area contributed by atoms with Gasteiger partial charge in [-0.1, -0.05) is 19.0 Å². The van der Waals surface area contributed by atoms with Crippen LogP contribution in [0.5, 0.6) is 0 Å². The normalized spacial score (nSPS) is 12.6. The highest BCUT2D eigenvalue weighted by Gasteiger charge is 2.15. The van der Waals surface area contributed by atoms with Crippen molar-refractivity contribution >= 4 is 0 Å². The third-order valence-corrected chi connectivity index (χ3v) is 2.71. The molecule has 1 N–H and O–H groups in total. The summed E-state index contributed by atoms with van der Waals surface area (Å²) in [4.78, 5) is 8.64. The summed E-state index contributed by atoms with van der Waals surface area (Å²) in [7, 11) is 0. The van der Waals surface area contributed by atoms with Crippen LogP contribution in [0, 0.1) is 6.92 Å². The highest BCUT2D eigenvalue weighted by molar-refractivity contribution is 5.48. The van der Waals surface area contributed by atoms with Crippen molar-refractivity contribution in [2.45, 2.75) is 26.7 Å². The van der Waals surface area contributed by atoms with Gasteiger partial charge in [-0.05, 0) is 31.2 Å². The summed E-state index contributed by atoms with van der Waals surface area (Å²) in [5, 5.41) is 7.24. The van der Waals surface area contributed by atoms with E-state index in [0.717, 1.165) is 24.3 Å². The molecule has 0 aliphatic heterocycles. The third-order valence-electron chi connectivity index (χ3n) is 2.71. The van der Waals surface area contributed by atoms with E-state index in [-0.39, 0.29) is 5.92 Å². The Balaban J connectivity index is 2.15. The fraction of sp³-hybridized carbons (Fsp3) is 0.462. The first-order chi connectivity index (χ1) is 8.70. The molecule has 5 nitrogen and oxygen atoms in total. The van der Waals surface area contributed by atoms with Crippen LogP contribution < -0.4 is 5.32 Å².